The summed E-state index contributed by atoms with van der Waals surface area (Å²) in [7, 11) is 1.58. The van der Waals surface area contributed by atoms with E-state index in [0.29, 0.717) is 24.3 Å². The molecular weight excluding hydrogens is 280 g/mol. The summed E-state index contributed by atoms with van der Waals surface area (Å²) in [6.07, 6.45) is 4.92. The maximum Gasteiger partial charge on any atom is 0.227 e. The van der Waals surface area contributed by atoms with Crippen LogP contribution in [0.3, 0.4) is 0 Å². The first kappa shape index (κ1) is 16.3. The minimum absolute atomic E-state index is 0.00528. The number of hydrogen-bond acceptors (Lipinski definition) is 3. The molecule has 5 heteroatoms. The number of unbranched alkanes of at least 4 members (excludes halogenated alkanes) is 1. The molecule has 1 aromatic carbocycles. The van der Waals surface area contributed by atoms with Gasteiger partial charge in [0.2, 0.25) is 11.8 Å². The molecule has 0 aromatic heterocycles. The summed E-state index contributed by atoms with van der Waals surface area (Å²) in [6.45, 7) is 2.78. The van der Waals surface area contributed by atoms with E-state index >= 15 is 0 Å². The van der Waals surface area contributed by atoms with Gasteiger partial charge in [-0.05, 0) is 31.4 Å². The Kier molecular flexibility index (Phi) is 5.81. The van der Waals surface area contributed by atoms with E-state index in [1.807, 2.05) is 12.1 Å². The second-order valence-electron chi connectivity index (χ2n) is 5.54. The fourth-order valence-electron chi connectivity index (χ4n) is 2.60. The lowest BCUT2D eigenvalue weighted by Gasteiger charge is -2.28. The molecule has 1 aliphatic heterocycles. The van der Waals surface area contributed by atoms with Crippen molar-refractivity contribution >= 4 is 23.2 Å². The zero-order chi connectivity index (χ0) is 15.9. The zero-order valence-electron chi connectivity index (χ0n) is 13.4. The highest BCUT2D eigenvalue weighted by molar-refractivity contribution is 5.96. The Labute approximate surface area is 131 Å². The van der Waals surface area contributed by atoms with Crippen molar-refractivity contribution in [3.63, 3.8) is 0 Å². The largest absolute Gasteiger partial charge is 0.494 e. The molecule has 1 fully saturated rings. The first-order valence-electron chi connectivity index (χ1n) is 7.94. The van der Waals surface area contributed by atoms with Crippen LogP contribution >= 0.6 is 0 Å². The zero-order valence-corrected chi connectivity index (χ0v) is 13.4. The Morgan fingerprint density at radius 1 is 1.36 bits per heavy atom. The lowest BCUT2D eigenvalue weighted by Crippen LogP contribution is -2.35. The van der Waals surface area contributed by atoms with E-state index < -0.39 is 0 Å². The number of nitrogens with zero attached hydrogens (tertiary/aromatic N) is 1. The predicted molar refractivity (Wildman–Crippen MR) is 87.4 cm³/mol. The molecule has 1 aromatic rings. The van der Waals surface area contributed by atoms with Gasteiger partial charge in [-0.1, -0.05) is 13.3 Å². The number of anilines is 2. The van der Waals surface area contributed by atoms with Gasteiger partial charge < -0.3 is 15.0 Å². The van der Waals surface area contributed by atoms with E-state index in [-0.39, 0.29) is 11.8 Å². The molecule has 22 heavy (non-hydrogen) atoms. The first-order chi connectivity index (χ1) is 10.7. The van der Waals surface area contributed by atoms with E-state index in [0.717, 1.165) is 37.9 Å². The molecule has 5 nitrogen and oxygen atoms in total. The van der Waals surface area contributed by atoms with Gasteiger partial charge in [0.25, 0.3) is 0 Å². The van der Waals surface area contributed by atoms with Crippen LogP contribution in [0.4, 0.5) is 11.4 Å². The van der Waals surface area contributed by atoms with E-state index in [9.17, 15) is 9.59 Å². The van der Waals surface area contributed by atoms with E-state index in [1.54, 1.807) is 18.1 Å². The van der Waals surface area contributed by atoms with Crippen LogP contribution in [-0.4, -0.2) is 25.5 Å². The summed E-state index contributed by atoms with van der Waals surface area (Å²) in [4.78, 5) is 25.6. The summed E-state index contributed by atoms with van der Waals surface area (Å²) < 4.78 is 5.41. The van der Waals surface area contributed by atoms with Crippen molar-refractivity contribution in [3.05, 3.63) is 18.2 Å². The number of carbonyl (C=O) groups excluding carboxylic acids is 2. The molecule has 0 radical (unpaired) electrons. The van der Waals surface area contributed by atoms with Gasteiger partial charge in [-0.3, -0.25) is 9.59 Å². The summed E-state index contributed by atoms with van der Waals surface area (Å²) in [6, 6.07) is 5.45. The standard InChI is InChI=1S/C17H24N2O3/c1-3-4-7-16(20)18-13-9-10-14(15(12-13)22-2)19-11-6-5-8-17(19)21/h9-10,12H,3-8,11H2,1-2H3,(H,18,20). The molecule has 1 N–H and O–H groups in total. The van der Waals surface area contributed by atoms with Crippen LogP contribution < -0.4 is 15.0 Å². The van der Waals surface area contributed by atoms with Crippen LogP contribution in [-0.2, 0) is 9.59 Å². The van der Waals surface area contributed by atoms with Crippen molar-refractivity contribution < 1.29 is 14.3 Å². The third-order valence-corrected chi connectivity index (χ3v) is 3.84. The van der Waals surface area contributed by atoms with Crippen LogP contribution in [0, 0.1) is 0 Å². The number of nitrogens with one attached hydrogen (secondary N) is 1. The van der Waals surface area contributed by atoms with Crippen LogP contribution in [0.5, 0.6) is 5.75 Å². The normalized spacial score (nSPS) is 14.8. The second kappa shape index (κ2) is 7.82. The molecule has 0 unspecified atom stereocenters. The second-order valence-corrected chi connectivity index (χ2v) is 5.54. The quantitative estimate of drug-likeness (QED) is 0.877. The molecule has 1 heterocycles. The minimum atomic E-state index is 0.00528. The summed E-state index contributed by atoms with van der Waals surface area (Å²) in [5, 5.41) is 2.87. The Hall–Kier alpha value is -2.04. The molecule has 0 saturated carbocycles. The fraction of sp³-hybridized carbons (Fsp3) is 0.529. The highest BCUT2D eigenvalue weighted by Crippen LogP contribution is 2.33. The highest BCUT2D eigenvalue weighted by atomic mass is 16.5. The molecule has 0 spiro atoms. The smallest absolute Gasteiger partial charge is 0.227 e. The maximum absolute atomic E-state index is 12.0. The minimum Gasteiger partial charge on any atom is -0.494 e. The van der Waals surface area contributed by atoms with Crippen molar-refractivity contribution in [1.82, 2.24) is 0 Å². The summed E-state index contributed by atoms with van der Waals surface area (Å²) >= 11 is 0. The molecule has 0 atom stereocenters. The van der Waals surface area contributed by atoms with Crippen LogP contribution in [0.15, 0.2) is 18.2 Å². The average molecular weight is 304 g/mol. The highest BCUT2D eigenvalue weighted by Gasteiger charge is 2.22. The molecule has 1 saturated heterocycles. The molecule has 2 rings (SSSR count). The Morgan fingerprint density at radius 3 is 2.86 bits per heavy atom. The lowest BCUT2D eigenvalue weighted by atomic mass is 10.1. The Morgan fingerprint density at radius 2 is 2.18 bits per heavy atom. The summed E-state index contributed by atoms with van der Waals surface area (Å²) in [5.74, 6) is 0.749. The van der Waals surface area contributed by atoms with Crippen molar-refractivity contribution in [2.45, 2.75) is 45.4 Å². The van der Waals surface area contributed by atoms with Crippen molar-refractivity contribution in [3.8, 4) is 5.75 Å². The third kappa shape index (κ3) is 4.00. The van der Waals surface area contributed by atoms with E-state index in [2.05, 4.69) is 12.2 Å². The predicted octanol–water partition coefficient (Wildman–Crippen LogP) is 3.34. The van der Waals surface area contributed by atoms with Crippen molar-refractivity contribution in [1.29, 1.82) is 0 Å². The molecule has 1 aliphatic rings. The van der Waals surface area contributed by atoms with Gasteiger partial charge in [0.1, 0.15) is 5.75 Å². The monoisotopic (exact) mass is 304 g/mol. The fourth-order valence-corrected chi connectivity index (χ4v) is 2.60. The SMILES string of the molecule is CCCCC(=O)Nc1ccc(N2CCCCC2=O)c(OC)c1. The topological polar surface area (TPSA) is 58.6 Å². The molecule has 120 valence electrons. The molecule has 0 bridgehead atoms. The van der Waals surface area contributed by atoms with Crippen LogP contribution in [0.2, 0.25) is 0 Å². The van der Waals surface area contributed by atoms with Gasteiger partial charge in [0.05, 0.1) is 12.8 Å². The number of piperidine rings is 1. The van der Waals surface area contributed by atoms with Gasteiger partial charge in [-0.15, -0.1) is 0 Å². The van der Waals surface area contributed by atoms with E-state index in [4.69, 9.17) is 4.74 Å². The number of carbonyl (C=O) groups is 2. The lowest BCUT2D eigenvalue weighted by molar-refractivity contribution is -0.119. The van der Waals surface area contributed by atoms with Gasteiger partial charge in [-0.2, -0.15) is 0 Å². The number of benzene rings is 1. The number of methoxy groups -OCH3 is 1. The van der Waals surface area contributed by atoms with Gasteiger partial charge in [-0.25, -0.2) is 0 Å². The first-order valence-corrected chi connectivity index (χ1v) is 7.94. The number of rotatable bonds is 6. The Balaban J connectivity index is 2.13. The molecule has 2 amide bonds. The van der Waals surface area contributed by atoms with Crippen molar-refractivity contribution in [2.75, 3.05) is 23.9 Å². The van der Waals surface area contributed by atoms with E-state index in [1.165, 1.54) is 0 Å². The van der Waals surface area contributed by atoms with Gasteiger partial charge in [0, 0.05) is 31.1 Å². The maximum atomic E-state index is 12.0. The Bertz CT molecular complexity index is 543. The average Bonchev–Trinajstić information content (AvgIpc) is 2.53. The number of hydrogen-bond donors (Lipinski definition) is 1. The van der Waals surface area contributed by atoms with Crippen LogP contribution in [0.1, 0.15) is 45.4 Å². The van der Waals surface area contributed by atoms with Gasteiger partial charge in [0.15, 0.2) is 0 Å². The molecule has 0 aliphatic carbocycles. The number of ether oxygens (including phenoxy) is 1. The van der Waals surface area contributed by atoms with Crippen molar-refractivity contribution in [2.24, 2.45) is 0 Å². The third-order valence-electron chi connectivity index (χ3n) is 3.84. The van der Waals surface area contributed by atoms with Crippen LogP contribution in [0.25, 0.3) is 0 Å². The van der Waals surface area contributed by atoms with Gasteiger partial charge >= 0.3 is 0 Å². The molecular formula is C17H24N2O3. The summed E-state index contributed by atoms with van der Waals surface area (Å²) in [5.41, 5.74) is 1.48. The number of amides is 2.